The van der Waals surface area contributed by atoms with Gasteiger partial charge in [0.2, 0.25) is 5.76 Å². The van der Waals surface area contributed by atoms with Gasteiger partial charge in [-0.1, -0.05) is 0 Å². The maximum Gasteiger partial charge on any atom is 0.377 e. The maximum absolute atomic E-state index is 10.5. The van der Waals surface area contributed by atoms with E-state index < -0.39 is 29.9 Å². The summed E-state index contributed by atoms with van der Waals surface area (Å²) in [6.45, 7) is 0. The zero-order chi connectivity index (χ0) is 9.30. The van der Waals surface area contributed by atoms with Crippen molar-refractivity contribution in [2.45, 2.75) is 18.8 Å². The first-order chi connectivity index (χ1) is 5.52. The van der Waals surface area contributed by atoms with Crippen LogP contribution in [0.1, 0.15) is 6.42 Å². The highest BCUT2D eigenvalue weighted by Gasteiger charge is 2.35. The molecule has 12 heavy (non-hydrogen) atoms. The Hall–Kier alpha value is -1.27. The molecular weight excluding hydrogens is 168 g/mol. The molecule has 1 aliphatic rings. The highest BCUT2D eigenvalue weighted by Crippen LogP contribution is 2.21. The quantitative estimate of drug-likeness (QED) is 0.315. The molecule has 0 aliphatic carbocycles. The molecule has 6 nitrogen and oxygen atoms in total. The molecule has 68 valence electrons. The van der Waals surface area contributed by atoms with E-state index in [4.69, 9.17) is 20.4 Å². The summed E-state index contributed by atoms with van der Waals surface area (Å²) in [5.41, 5.74) is 0. The van der Waals surface area contributed by atoms with Crippen LogP contribution in [0.3, 0.4) is 0 Å². The number of ether oxygens (including phenoxy) is 1. The normalized spacial score (nSPS) is 23.6. The highest BCUT2D eigenvalue weighted by atomic mass is 16.6. The van der Waals surface area contributed by atoms with Crippen LogP contribution >= 0.6 is 0 Å². The third kappa shape index (κ3) is 1.49. The minimum Gasteiger partial charge on any atom is -0.505 e. The molecule has 1 heterocycles. The smallest absolute Gasteiger partial charge is 0.377 e. The van der Waals surface area contributed by atoms with Gasteiger partial charge in [-0.2, -0.15) is 0 Å². The predicted octanol–water partition coefficient (Wildman–Crippen LogP) is -1.06. The number of aliphatic hydroxyl groups is 4. The lowest BCUT2D eigenvalue weighted by molar-refractivity contribution is -0.146. The molecule has 1 atom stereocenters. The van der Waals surface area contributed by atoms with Gasteiger partial charge < -0.3 is 25.2 Å². The maximum atomic E-state index is 10.5. The lowest BCUT2D eigenvalue weighted by Gasteiger charge is -2.09. The Morgan fingerprint density at radius 1 is 1.42 bits per heavy atom. The molecule has 0 aromatic rings. The summed E-state index contributed by atoms with van der Waals surface area (Å²) >= 11 is 0. The molecule has 0 spiro atoms. The second kappa shape index (κ2) is 3.00. The number of carbonyl (C=O) groups excluding carboxylic acids is 1. The van der Waals surface area contributed by atoms with Crippen molar-refractivity contribution in [3.63, 3.8) is 0 Å². The van der Waals surface area contributed by atoms with Crippen molar-refractivity contribution in [3.8, 4) is 0 Å². The number of aliphatic hydroxyl groups excluding tert-OH is 3. The van der Waals surface area contributed by atoms with E-state index in [1.54, 1.807) is 0 Å². The minimum atomic E-state index is -1.70. The van der Waals surface area contributed by atoms with E-state index >= 15 is 0 Å². The highest BCUT2D eigenvalue weighted by molar-refractivity contribution is 5.88. The fourth-order valence-corrected chi connectivity index (χ4v) is 0.849. The Morgan fingerprint density at radius 3 is 2.33 bits per heavy atom. The molecule has 1 aliphatic heterocycles. The topological polar surface area (TPSA) is 107 Å². The van der Waals surface area contributed by atoms with Gasteiger partial charge in [-0.05, 0) is 0 Å². The van der Waals surface area contributed by atoms with Crippen molar-refractivity contribution >= 4 is 5.97 Å². The standard InChI is InChI=1S/C6H8O6/c7-3(8)1-2-4(9)5(10)6(11)12-2/h2-3,7-10H,1H2. The molecule has 4 N–H and O–H groups in total. The molecule has 0 radical (unpaired) electrons. The van der Waals surface area contributed by atoms with E-state index in [-0.39, 0.29) is 6.42 Å². The molecule has 0 saturated heterocycles. The third-order valence-corrected chi connectivity index (χ3v) is 1.42. The van der Waals surface area contributed by atoms with Gasteiger partial charge >= 0.3 is 5.97 Å². The summed E-state index contributed by atoms with van der Waals surface area (Å²) in [7, 11) is 0. The lowest BCUT2D eigenvalue weighted by atomic mass is 10.2. The van der Waals surface area contributed by atoms with Crippen molar-refractivity contribution in [1.29, 1.82) is 0 Å². The Morgan fingerprint density at radius 2 is 2.00 bits per heavy atom. The van der Waals surface area contributed by atoms with Gasteiger partial charge in [-0.3, -0.25) is 0 Å². The second-order valence-corrected chi connectivity index (χ2v) is 2.34. The first-order valence-electron chi connectivity index (χ1n) is 3.21. The molecular formula is C6H8O6. The van der Waals surface area contributed by atoms with Crippen LogP contribution in [0.5, 0.6) is 0 Å². The summed E-state index contributed by atoms with van der Waals surface area (Å²) in [5.74, 6) is -2.59. The number of hydrogen-bond donors (Lipinski definition) is 4. The summed E-state index contributed by atoms with van der Waals surface area (Å²) < 4.78 is 4.36. The van der Waals surface area contributed by atoms with Crippen molar-refractivity contribution in [3.05, 3.63) is 11.5 Å². The molecule has 0 saturated carbocycles. The summed E-state index contributed by atoms with van der Waals surface area (Å²) in [4.78, 5) is 10.5. The van der Waals surface area contributed by atoms with Gasteiger partial charge in [-0.25, -0.2) is 4.79 Å². The number of rotatable bonds is 2. The van der Waals surface area contributed by atoms with Crippen LogP contribution < -0.4 is 0 Å². The Kier molecular flexibility index (Phi) is 2.20. The first kappa shape index (κ1) is 8.82. The van der Waals surface area contributed by atoms with Gasteiger partial charge in [0.25, 0.3) is 0 Å². The zero-order valence-corrected chi connectivity index (χ0v) is 5.97. The van der Waals surface area contributed by atoms with Gasteiger partial charge in [0, 0.05) is 6.42 Å². The fourth-order valence-electron chi connectivity index (χ4n) is 0.849. The first-order valence-corrected chi connectivity index (χ1v) is 3.21. The Bertz CT molecular complexity index is 230. The van der Waals surface area contributed by atoms with Gasteiger partial charge in [-0.15, -0.1) is 0 Å². The van der Waals surface area contributed by atoms with Crippen LogP contribution in [0.4, 0.5) is 0 Å². The SMILES string of the molecule is O=C1OC(CC(O)O)C(O)=C1O. The average molecular weight is 176 g/mol. The minimum absolute atomic E-state index is 0.359. The lowest BCUT2D eigenvalue weighted by Crippen LogP contribution is -2.19. The zero-order valence-electron chi connectivity index (χ0n) is 5.97. The Labute approximate surface area is 67.3 Å². The largest absolute Gasteiger partial charge is 0.505 e. The molecule has 0 aromatic heterocycles. The summed E-state index contributed by atoms with van der Waals surface area (Å²) in [6.07, 6.45) is -3.21. The van der Waals surface area contributed by atoms with E-state index in [1.165, 1.54) is 0 Å². The number of hydrogen-bond acceptors (Lipinski definition) is 6. The molecule has 0 aromatic carbocycles. The van der Waals surface area contributed by atoms with Crippen LogP contribution in [0.2, 0.25) is 0 Å². The van der Waals surface area contributed by atoms with Crippen molar-refractivity contribution in [1.82, 2.24) is 0 Å². The Balaban J connectivity index is 2.67. The molecule has 1 unspecified atom stereocenters. The summed E-state index contributed by atoms with van der Waals surface area (Å²) in [5, 5.41) is 34.6. The van der Waals surface area contributed by atoms with Crippen molar-refractivity contribution in [2.24, 2.45) is 0 Å². The molecule has 1 rings (SSSR count). The molecule has 0 bridgehead atoms. The van der Waals surface area contributed by atoms with E-state index in [1.807, 2.05) is 0 Å². The van der Waals surface area contributed by atoms with Crippen LogP contribution in [-0.2, 0) is 9.53 Å². The monoisotopic (exact) mass is 176 g/mol. The van der Waals surface area contributed by atoms with Gasteiger partial charge in [0.1, 0.15) is 0 Å². The van der Waals surface area contributed by atoms with Crippen LogP contribution in [0.15, 0.2) is 11.5 Å². The van der Waals surface area contributed by atoms with Crippen molar-refractivity contribution < 1.29 is 30.0 Å². The van der Waals surface area contributed by atoms with E-state index in [2.05, 4.69) is 4.74 Å². The predicted molar refractivity (Wildman–Crippen MR) is 35.0 cm³/mol. The average Bonchev–Trinajstić information content (AvgIpc) is 2.17. The molecule has 6 heteroatoms. The third-order valence-electron chi connectivity index (χ3n) is 1.42. The second-order valence-electron chi connectivity index (χ2n) is 2.34. The van der Waals surface area contributed by atoms with Crippen molar-refractivity contribution in [2.75, 3.05) is 0 Å². The molecule has 0 fully saturated rings. The van der Waals surface area contributed by atoms with E-state index in [9.17, 15) is 4.79 Å². The van der Waals surface area contributed by atoms with E-state index in [0.29, 0.717) is 0 Å². The van der Waals surface area contributed by atoms with Crippen LogP contribution in [-0.4, -0.2) is 38.8 Å². The summed E-state index contributed by atoms with van der Waals surface area (Å²) in [6, 6.07) is 0. The number of esters is 1. The van der Waals surface area contributed by atoms with Gasteiger partial charge in [0.05, 0.1) is 0 Å². The van der Waals surface area contributed by atoms with Crippen LogP contribution in [0.25, 0.3) is 0 Å². The van der Waals surface area contributed by atoms with Crippen LogP contribution in [0, 0.1) is 0 Å². The van der Waals surface area contributed by atoms with Gasteiger partial charge in [0.15, 0.2) is 18.2 Å². The fraction of sp³-hybridized carbons (Fsp3) is 0.500. The number of carbonyl (C=O) groups is 1. The number of cyclic esters (lactones) is 1. The molecule has 0 amide bonds. The van der Waals surface area contributed by atoms with E-state index in [0.717, 1.165) is 0 Å².